The van der Waals surface area contributed by atoms with E-state index in [4.69, 9.17) is 0 Å². The highest BCUT2D eigenvalue weighted by Gasteiger charge is 2.36. The number of carbonyl (C=O) groups excluding carboxylic acids is 1. The predicted molar refractivity (Wildman–Crippen MR) is 52.6 cm³/mol. The maximum atomic E-state index is 12.1. The number of hydrazine groups is 1. The summed E-state index contributed by atoms with van der Waals surface area (Å²) >= 11 is 0. The fraction of sp³-hybridized carbons (Fsp3) is 0.300. The number of nitrogens with one attached hydrogen (secondary N) is 2. The highest BCUT2D eigenvalue weighted by molar-refractivity contribution is 5.93. The van der Waals surface area contributed by atoms with Gasteiger partial charge in [0.15, 0.2) is 0 Å². The zero-order chi connectivity index (χ0) is 12.2. The molecule has 0 aliphatic carbocycles. The van der Waals surface area contributed by atoms with E-state index >= 15 is 0 Å². The second-order valence-electron chi connectivity index (χ2n) is 3.23. The molecule has 6 heteroatoms. The first kappa shape index (κ1) is 12.5. The third kappa shape index (κ3) is 3.54. The number of carbonyl (C=O) groups is 1. The van der Waals surface area contributed by atoms with E-state index in [1.165, 1.54) is 12.1 Å². The van der Waals surface area contributed by atoms with Crippen LogP contribution in [0.15, 0.2) is 30.3 Å². The fourth-order valence-electron chi connectivity index (χ4n) is 0.917. The first-order valence-electron chi connectivity index (χ1n) is 4.59. The molecular formula is C10H11F3N2O. The molecular weight excluding hydrogens is 221 g/mol. The van der Waals surface area contributed by atoms with Crippen LogP contribution in [0.2, 0.25) is 0 Å². The molecule has 1 rings (SSSR count). The quantitative estimate of drug-likeness (QED) is 0.781. The Morgan fingerprint density at radius 2 is 1.81 bits per heavy atom. The van der Waals surface area contributed by atoms with E-state index in [0.717, 1.165) is 6.92 Å². The molecule has 0 aliphatic heterocycles. The molecule has 0 heterocycles. The molecule has 0 bridgehead atoms. The Kier molecular flexibility index (Phi) is 3.89. The van der Waals surface area contributed by atoms with Gasteiger partial charge >= 0.3 is 6.18 Å². The molecule has 0 fully saturated rings. The van der Waals surface area contributed by atoms with Gasteiger partial charge in [-0.2, -0.15) is 13.2 Å². The minimum absolute atomic E-state index is 0.296. The van der Waals surface area contributed by atoms with Crippen molar-refractivity contribution in [3.05, 3.63) is 35.9 Å². The third-order valence-corrected chi connectivity index (χ3v) is 1.93. The summed E-state index contributed by atoms with van der Waals surface area (Å²) in [5, 5.41) is 0. The normalized spacial score (nSPS) is 13.2. The molecule has 3 nitrogen and oxygen atoms in total. The highest BCUT2D eigenvalue weighted by atomic mass is 19.4. The van der Waals surface area contributed by atoms with Crippen molar-refractivity contribution in [2.45, 2.75) is 19.1 Å². The minimum Gasteiger partial charge on any atom is -0.287 e. The van der Waals surface area contributed by atoms with Crippen LogP contribution in [0, 0.1) is 0 Å². The Labute approximate surface area is 90.6 Å². The van der Waals surface area contributed by atoms with Gasteiger partial charge in [-0.3, -0.25) is 10.2 Å². The van der Waals surface area contributed by atoms with Gasteiger partial charge < -0.3 is 0 Å². The van der Waals surface area contributed by atoms with Gasteiger partial charge in [-0.25, -0.2) is 5.43 Å². The number of halogens is 3. The monoisotopic (exact) mass is 232 g/mol. The van der Waals surface area contributed by atoms with Crippen LogP contribution in [0.3, 0.4) is 0 Å². The number of hydrogen-bond acceptors (Lipinski definition) is 2. The lowest BCUT2D eigenvalue weighted by molar-refractivity contribution is -0.153. The van der Waals surface area contributed by atoms with Crippen LogP contribution < -0.4 is 10.9 Å². The number of rotatable bonds is 3. The van der Waals surface area contributed by atoms with Gasteiger partial charge in [0.2, 0.25) is 0 Å². The maximum Gasteiger partial charge on any atom is 0.405 e. The molecule has 1 aromatic carbocycles. The van der Waals surface area contributed by atoms with E-state index < -0.39 is 18.1 Å². The predicted octanol–water partition coefficient (Wildman–Crippen LogP) is 1.87. The number of hydrogen-bond donors (Lipinski definition) is 2. The van der Waals surface area contributed by atoms with Gasteiger partial charge in [-0.1, -0.05) is 18.2 Å². The second kappa shape index (κ2) is 4.98. The van der Waals surface area contributed by atoms with Gasteiger partial charge in [0.05, 0.1) is 0 Å². The van der Waals surface area contributed by atoms with E-state index in [2.05, 4.69) is 0 Å². The van der Waals surface area contributed by atoms with Gasteiger partial charge in [-0.15, -0.1) is 0 Å². The molecule has 0 saturated carbocycles. The van der Waals surface area contributed by atoms with E-state index in [9.17, 15) is 18.0 Å². The van der Waals surface area contributed by atoms with Crippen molar-refractivity contribution in [3.63, 3.8) is 0 Å². The fourth-order valence-corrected chi connectivity index (χ4v) is 0.917. The Bertz CT molecular complexity index is 351. The average Bonchev–Trinajstić information content (AvgIpc) is 2.25. The van der Waals surface area contributed by atoms with Crippen molar-refractivity contribution in [2.24, 2.45) is 0 Å². The summed E-state index contributed by atoms with van der Waals surface area (Å²) in [6.45, 7) is 0.922. The zero-order valence-corrected chi connectivity index (χ0v) is 8.51. The number of amides is 1. The minimum atomic E-state index is -4.38. The average molecular weight is 232 g/mol. The van der Waals surface area contributed by atoms with Gasteiger partial charge in [0.25, 0.3) is 5.91 Å². The molecule has 16 heavy (non-hydrogen) atoms. The van der Waals surface area contributed by atoms with E-state index in [0.29, 0.717) is 5.56 Å². The first-order chi connectivity index (χ1) is 7.41. The van der Waals surface area contributed by atoms with Crippen molar-refractivity contribution in [3.8, 4) is 0 Å². The third-order valence-electron chi connectivity index (χ3n) is 1.93. The van der Waals surface area contributed by atoms with Crippen molar-refractivity contribution in [2.75, 3.05) is 0 Å². The molecule has 0 unspecified atom stereocenters. The van der Waals surface area contributed by atoms with E-state index in [-0.39, 0.29) is 0 Å². The van der Waals surface area contributed by atoms with Crippen molar-refractivity contribution in [1.29, 1.82) is 0 Å². The lowest BCUT2D eigenvalue weighted by Crippen LogP contribution is -2.49. The van der Waals surface area contributed by atoms with Gasteiger partial charge in [0, 0.05) is 5.56 Å². The van der Waals surface area contributed by atoms with Crippen LogP contribution in [0.1, 0.15) is 17.3 Å². The molecule has 88 valence electrons. The van der Waals surface area contributed by atoms with Crippen molar-refractivity contribution in [1.82, 2.24) is 10.9 Å². The lowest BCUT2D eigenvalue weighted by atomic mass is 10.2. The Morgan fingerprint density at radius 1 is 1.25 bits per heavy atom. The first-order valence-corrected chi connectivity index (χ1v) is 4.59. The molecule has 2 N–H and O–H groups in total. The molecule has 1 aromatic rings. The standard InChI is InChI=1S/C10H11F3N2O/c1-7(10(11,12)13)14-15-9(16)8-5-3-2-4-6-8/h2-7,14H,1H3,(H,15,16)/t7-/m0/s1. The Balaban J connectivity index is 2.48. The maximum absolute atomic E-state index is 12.1. The smallest absolute Gasteiger partial charge is 0.287 e. The molecule has 0 aliphatic rings. The SMILES string of the molecule is C[C@H](NNC(=O)c1ccccc1)C(F)(F)F. The topological polar surface area (TPSA) is 41.1 Å². The second-order valence-corrected chi connectivity index (χ2v) is 3.23. The lowest BCUT2D eigenvalue weighted by Gasteiger charge is -2.17. The van der Waals surface area contributed by atoms with Gasteiger partial charge in [-0.05, 0) is 19.1 Å². The Morgan fingerprint density at radius 3 is 2.31 bits per heavy atom. The van der Waals surface area contributed by atoms with Crippen LogP contribution in [-0.2, 0) is 0 Å². The molecule has 0 radical (unpaired) electrons. The van der Waals surface area contributed by atoms with Crippen molar-refractivity contribution >= 4 is 5.91 Å². The summed E-state index contributed by atoms with van der Waals surface area (Å²) in [6, 6.07) is 6.19. The summed E-state index contributed by atoms with van der Waals surface area (Å²) < 4.78 is 36.3. The van der Waals surface area contributed by atoms with Gasteiger partial charge in [0.1, 0.15) is 6.04 Å². The van der Waals surface area contributed by atoms with Crippen LogP contribution in [0.4, 0.5) is 13.2 Å². The number of benzene rings is 1. The molecule has 1 atom stereocenters. The molecule has 0 aromatic heterocycles. The number of alkyl halides is 3. The van der Waals surface area contributed by atoms with Crippen molar-refractivity contribution < 1.29 is 18.0 Å². The summed E-state index contributed by atoms with van der Waals surface area (Å²) in [7, 11) is 0. The Hall–Kier alpha value is -1.56. The van der Waals surface area contributed by atoms with Crippen LogP contribution in [0.25, 0.3) is 0 Å². The van der Waals surface area contributed by atoms with E-state index in [1.54, 1.807) is 18.2 Å². The summed E-state index contributed by atoms with van der Waals surface area (Å²) in [6.07, 6.45) is -4.38. The van der Waals surface area contributed by atoms with E-state index in [1.807, 2.05) is 10.9 Å². The molecule has 1 amide bonds. The molecule has 0 spiro atoms. The zero-order valence-electron chi connectivity index (χ0n) is 8.51. The van der Waals surface area contributed by atoms with Crippen LogP contribution >= 0.6 is 0 Å². The summed E-state index contributed by atoms with van der Waals surface area (Å²) in [4.78, 5) is 11.3. The largest absolute Gasteiger partial charge is 0.405 e. The molecule has 0 saturated heterocycles. The summed E-state index contributed by atoms with van der Waals surface area (Å²) in [5.41, 5.74) is 4.19. The van der Waals surface area contributed by atoms with Crippen LogP contribution in [0.5, 0.6) is 0 Å². The highest BCUT2D eigenvalue weighted by Crippen LogP contribution is 2.18. The summed E-state index contributed by atoms with van der Waals surface area (Å²) in [5.74, 6) is -0.600. The van der Waals surface area contributed by atoms with Crippen LogP contribution in [-0.4, -0.2) is 18.1 Å².